The standard InChI is InChI=1S/C8H9OP/c9-8(6-10)7-4-2-1-3-5-7/h1-5H,6,10H2. The fourth-order valence-corrected chi connectivity index (χ4v) is 0.978. The molecule has 0 aliphatic carbocycles. The van der Waals surface area contributed by atoms with Crippen LogP contribution in [0.3, 0.4) is 0 Å². The molecule has 1 unspecified atom stereocenters. The predicted molar refractivity (Wildman–Crippen MR) is 45.3 cm³/mol. The Morgan fingerprint density at radius 2 is 1.90 bits per heavy atom. The van der Waals surface area contributed by atoms with Crippen molar-refractivity contribution in [1.29, 1.82) is 0 Å². The van der Waals surface area contributed by atoms with Gasteiger partial charge >= 0.3 is 0 Å². The highest BCUT2D eigenvalue weighted by molar-refractivity contribution is 7.18. The van der Waals surface area contributed by atoms with E-state index in [1.807, 2.05) is 30.3 Å². The van der Waals surface area contributed by atoms with Crippen molar-refractivity contribution in [2.45, 2.75) is 0 Å². The second-order valence-corrected chi connectivity index (χ2v) is 2.40. The molecule has 0 aliphatic rings. The zero-order chi connectivity index (χ0) is 7.40. The molecule has 1 atom stereocenters. The Kier molecular flexibility index (Phi) is 2.58. The smallest absolute Gasteiger partial charge is 0.166 e. The maximum Gasteiger partial charge on any atom is 0.166 e. The predicted octanol–water partition coefficient (Wildman–Crippen LogP) is 1.74. The van der Waals surface area contributed by atoms with Crippen molar-refractivity contribution in [2.75, 3.05) is 6.16 Å². The summed E-state index contributed by atoms with van der Waals surface area (Å²) < 4.78 is 0. The Morgan fingerprint density at radius 3 is 2.40 bits per heavy atom. The second-order valence-electron chi connectivity index (χ2n) is 1.99. The molecule has 0 saturated carbocycles. The van der Waals surface area contributed by atoms with E-state index in [1.54, 1.807) is 0 Å². The van der Waals surface area contributed by atoms with Gasteiger partial charge in [0.2, 0.25) is 0 Å². The molecule has 0 amide bonds. The molecule has 0 spiro atoms. The third-order valence-corrected chi connectivity index (χ3v) is 1.65. The van der Waals surface area contributed by atoms with E-state index in [2.05, 4.69) is 9.24 Å². The van der Waals surface area contributed by atoms with Gasteiger partial charge in [0.15, 0.2) is 5.78 Å². The third kappa shape index (κ3) is 1.65. The van der Waals surface area contributed by atoms with Gasteiger partial charge < -0.3 is 0 Å². The SMILES string of the molecule is O=C(CP)c1ccccc1. The average Bonchev–Trinajstić information content (AvgIpc) is 2.05. The van der Waals surface area contributed by atoms with Crippen LogP contribution in [-0.2, 0) is 0 Å². The number of rotatable bonds is 2. The molecule has 10 heavy (non-hydrogen) atoms. The quantitative estimate of drug-likeness (QED) is 0.466. The van der Waals surface area contributed by atoms with Crippen LogP contribution in [0.4, 0.5) is 0 Å². The minimum atomic E-state index is 0.172. The second kappa shape index (κ2) is 3.48. The van der Waals surface area contributed by atoms with Crippen molar-refractivity contribution in [3.8, 4) is 0 Å². The molecule has 1 aromatic rings. The van der Waals surface area contributed by atoms with Gasteiger partial charge in [0.1, 0.15) is 0 Å². The van der Waals surface area contributed by atoms with E-state index in [-0.39, 0.29) is 5.78 Å². The summed E-state index contributed by atoms with van der Waals surface area (Å²) >= 11 is 0. The van der Waals surface area contributed by atoms with Crippen molar-refractivity contribution in [3.05, 3.63) is 35.9 Å². The van der Waals surface area contributed by atoms with E-state index in [0.717, 1.165) is 5.56 Å². The number of carbonyl (C=O) groups excluding carboxylic acids is 1. The van der Waals surface area contributed by atoms with Gasteiger partial charge in [0.25, 0.3) is 0 Å². The van der Waals surface area contributed by atoms with Crippen LogP contribution in [0.15, 0.2) is 30.3 Å². The number of hydrogen-bond acceptors (Lipinski definition) is 1. The minimum Gasteiger partial charge on any atom is -0.294 e. The largest absolute Gasteiger partial charge is 0.294 e. The monoisotopic (exact) mass is 152 g/mol. The molecule has 1 nitrogen and oxygen atoms in total. The molecule has 0 bridgehead atoms. The van der Waals surface area contributed by atoms with Gasteiger partial charge in [-0.25, -0.2) is 0 Å². The van der Waals surface area contributed by atoms with Crippen LogP contribution < -0.4 is 0 Å². The molecule has 2 heteroatoms. The van der Waals surface area contributed by atoms with Gasteiger partial charge in [0.05, 0.1) is 0 Å². The van der Waals surface area contributed by atoms with Gasteiger partial charge in [-0.05, 0) is 0 Å². The number of ketones is 1. The number of benzene rings is 1. The lowest BCUT2D eigenvalue weighted by molar-refractivity contribution is 0.102. The van der Waals surface area contributed by atoms with Gasteiger partial charge in [-0.2, -0.15) is 0 Å². The van der Waals surface area contributed by atoms with Crippen molar-refractivity contribution in [3.63, 3.8) is 0 Å². The van der Waals surface area contributed by atoms with E-state index in [4.69, 9.17) is 0 Å². The van der Waals surface area contributed by atoms with Crippen molar-refractivity contribution >= 4 is 15.0 Å². The summed E-state index contributed by atoms with van der Waals surface area (Å²) in [5, 5.41) is 0. The molecule has 0 heterocycles. The molecule has 0 saturated heterocycles. The Morgan fingerprint density at radius 1 is 1.30 bits per heavy atom. The lowest BCUT2D eigenvalue weighted by Crippen LogP contribution is -1.98. The zero-order valence-corrected chi connectivity index (χ0v) is 6.73. The van der Waals surface area contributed by atoms with Gasteiger partial charge in [-0.3, -0.25) is 4.79 Å². The molecule has 1 aromatic carbocycles. The summed E-state index contributed by atoms with van der Waals surface area (Å²) in [6, 6.07) is 9.29. The van der Waals surface area contributed by atoms with Crippen LogP contribution in [0.25, 0.3) is 0 Å². The maximum absolute atomic E-state index is 11.0. The Hall–Kier alpha value is -0.680. The summed E-state index contributed by atoms with van der Waals surface area (Å²) in [5.41, 5.74) is 0.789. The molecule has 0 aromatic heterocycles. The first-order valence-electron chi connectivity index (χ1n) is 3.13. The molecule has 0 aliphatic heterocycles. The van der Waals surface area contributed by atoms with Crippen molar-refractivity contribution in [2.24, 2.45) is 0 Å². The Balaban J connectivity index is 2.85. The topological polar surface area (TPSA) is 17.1 Å². The van der Waals surface area contributed by atoms with Crippen LogP contribution in [0.1, 0.15) is 10.4 Å². The fourth-order valence-electron chi connectivity index (χ4n) is 0.742. The molecular formula is C8H9OP. The van der Waals surface area contributed by atoms with Crippen LogP contribution in [-0.4, -0.2) is 11.9 Å². The van der Waals surface area contributed by atoms with E-state index in [1.165, 1.54) is 0 Å². The van der Waals surface area contributed by atoms with Gasteiger partial charge in [0, 0.05) is 11.7 Å². The van der Waals surface area contributed by atoms with Crippen LogP contribution in [0.5, 0.6) is 0 Å². The number of Topliss-reactive ketones (excluding diaryl/α,β-unsaturated/α-hetero) is 1. The third-order valence-electron chi connectivity index (χ3n) is 1.28. The summed E-state index contributed by atoms with van der Waals surface area (Å²) in [6.45, 7) is 0. The maximum atomic E-state index is 11.0. The lowest BCUT2D eigenvalue weighted by atomic mass is 10.2. The van der Waals surface area contributed by atoms with Crippen LogP contribution in [0, 0.1) is 0 Å². The molecule has 52 valence electrons. The van der Waals surface area contributed by atoms with Gasteiger partial charge in [-0.1, -0.05) is 30.3 Å². The average molecular weight is 152 g/mol. The normalized spacial score (nSPS) is 9.30. The van der Waals surface area contributed by atoms with Crippen LogP contribution >= 0.6 is 9.24 Å². The summed E-state index contributed by atoms with van der Waals surface area (Å²) in [4.78, 5) is 11.0. The molecule has 0 radical (unpaired) electrons. The van der Waals surface area contributed by atoms with E-state index in [9.17, 15) is 4.79 Å². The Labute approximate surface area is 62.7 Å². The first-order chi connectivity index (χ1) is 4.84. The van der Waals surface area contributed by atoms with E-state index in [0.29, 0.717) is 6.16 Å². The van der Waals surface area contributed by atoms with E-state index < -0.39 is 0 Å². The summed E-state index contributed by atoms with van der Waals surface area (Å²) in [6.07, 6.45) is 0.504. The first-order valence-corrected chi connectivity index (χ1v) is 3.94. The first kappa shape index (κ1) is 7.43. The summed E-state index contributed by atoms with van der Waals surface area (Å²) in [5.74, 6) is 0.172. The van der Waals surface area contributed by atoms with Gasteiger partial charge in [-0.15, -0.1) is 9.24 Å². The molecule has 1 rings (SSSR count). The summed E-state index contributed by atoms with van der Waals surface area (Å²) in [7, 11) is 2.42. The number of carbonyl (C=O) groups is 1. The highest BCUT2D eigenvalue weighted by Gasteiger charge is 1.98. The van der Waals surface area contributed by atoms with Crippen molar-refractivity contribution < 1.29 is 4.79 Å². The fraction of sp³-hybridized carbons (Fsp3) is 0.125. The highest BCUT2D eigenvalue weighted by atomic mass is 31.0. The molecular weight excluding hydrogens is 143 g/mol. The number of hydrogen-bond donors (Lipinski definition) is 0. The molecule has 0 N–H and O–H groups in total. The Bertz CT molecular complexity index is 218. The molecule has 0 fully saturated rings. The van der Waals surface area contributed by atoms with Crippen LogP contribution in [0.2, 0.25) is 0 Å². The zero-order valence-electron chi connectivity index (χ0n) is 5.58. The lowest BCUT2D eigenvalue weighted by Gasteiger charge is -1.93. The van der Waals surface area contributed by atoms with E-state index >= 15 is 0 Å². The minimum absolute atomic E-state index is 0.172. The highest BCUT2D eigenvalue weighted by Crippen LogP contribution is 2.01. The van der Waals surface area contributed by atoms with Crippen molar-refractivity contribution in [1.82, 2.24) is 0 Å².